The number of fused-ring (bicyclic) bond motifs is 1. The number of nitrogens with zero attached hydrogens (tertiary/aromatic N) is 2. The Labute approximate surface area is 230 Å². The Morgan fingerprint density at radius 1 is 1.08 bits per heavy atom. The Balaban J connectivity index is 1.64. The Hall–Kier alpha value is -2.86. The van der Waals surface area contributed by atoms with Crippen molar-refractivity contribution in [3.8, 4) is 17.2 Å². The molecule has 39 heavy (non-hydrogen) atoms. The molecule has 0 spiro atoms. The lowest BCUT2D eigenvalue weighted by molar-refractivity contribution is -0.143. The highest BCUT2D eigenvalue weighted by molar-refractivity contribution is 7.89. The van der Waals surface area contributed by atoms with E-state index in [0.717, 1.165) is 11.1 Å². The summed E-state index contributed by atoms with van der Waals surface area (Å²) < 4.78 is 49.3. The fourth-order valence-corrected chi connectivity index (χ4v) is 6.86. The van der Waals surface area contributed by atoms with E-state index in [1.54, 1.807) is 7.11 Å². The lowest BCUT2D eigenvalue weighted by Gasteiger charge is -2.30. The second-order valence-corrected chi connectivity index (χ2v) is 11.8. The van der Waals surface area contributed by atoms with Crippen LogP contribution in [0.5, 0.6) is 17.2 Å². The van der Waals surface area contributed by atoms with Gasteiger partial charge in [0, 0.05) is 44.7 Å². The minimum atomic E-state index is -3.52. The molecule has 0 aliphatic carbocycles. The standard InChI is InChI=1S/C28H38N2O8S/c1-4-12-30(39(33,34)16-15-36-5-2)14-13-29-18-23(21-8-11-24-25(17-21)38-19-37-24)26(28(31)32)27(29)20-6-9-22(35-3)10-7-20/h6-11,17,23,26-27H,4-5,12-16,18-19H2,1-3H3,(H,31,32)/t23-,26+,27-/m1/s1. The molecule has 0 bridgehead atoms. The molecular weight excluding hydrogens is 524 g/mol. The van der Waals surface area contributed by atoms with E-state index in [9.17, 15) is 18.3 Å². The second-order valence-electron chi connectivity index (χ2n) is 9.71. The number of benzene rings is 2. The van der Waals surface area contributed by atoms with Crippen LogP contribution in [0.15, 0.2) is 42.5 Å². The first-order valence-electron chi connectivity index (χ1n) is 13.3. The van der Waals surface area contributed by atoms with Crippen LogP contribution in [0.4, 0.5) is 0 Å². The maximum Gasteiger partial charge on any atom is 0.309 e. The van der Waals surface area contributed by atoms with Gasteiger partial charge in [-0.25, -0.2) is 12.7 Å². The predicted octanol–water partition coefficient (Wildman–Crippen LogP) is 3.34. The summed E-state index contributed by atoms with van der Waals surface area (Å²) in [5, 5.41) is 10.5. The molecule has 2 aliphatic heterocycles. The summed E-state index contributed by atoms with van der Waals surface area (Å²) in [6.07, 6.45) is 0.674. The lowest BCUT2D eigenvalue weighted by atomic mass is 9.82. The Kier molecular flexibility index (Phi) is 9.71. The fraction of sp³-hybridized carbons (Fsp3) is 0.536. The summed E-state index contributed by atoms with van der Waals surface area (Å²) in [7, 11) is -1.94. The van der Waals surface area contributed by atoms with Gasteiger partial charge in [-0.2, -0.15) is 0 Å². The smallest absolute Gasteiger partial charge is 0.309 e. The zero-order chi connectivity index (χ0) is 28.0. The van der Waals surface area contributed by atoms with E-state index >= 15 is 0 Å². The third kappa shape index (κ3) is 6.66. The number of ether oxygens (including phenoxy) is 4. The predicted molar refractivity (Wildman–Crippen MR) is 146 cm³/mol. The van der Waals surface area contributed by atoms with Crippen molar-refractivity contribution in [2.24, 2.45) is 5.92 Å². The van der Waals surface area contributed by atoms with Crippen molar-refractivity contribution in [2.45, 2.75) is 32.2 Å². The number of hydrogen-bond acceptors (Lipinski definition) is 8. The molecule has 4 rings (SSSR count). The zero-order valence-corrected chi connectivity index (χ0v) is 23.6. The van der Waals surface area contributed by atoms with E-state index in [1.165, 1.54) is 4.31 Å². The summed E-state index contributed by atoms with van der Waals surface area (Å²) >= 11 is 0. The molecule has 11 heteroatoms. The Morgan fingerprint density at radius 2 is 1.79 bits per heavy atom. The zero-order valence-electron chi connectivity index (χ0n) is 22.7. The van der Waals surface area contributed by atoms with Crippen LogP contribution >= 0.6 is 0 Å². The van der Waals surface area contributed by atoms with E-state index in [-0.39, 0.29) is 31.6 Å². The normalized spacial score (nSPS) is 21.0. The van der Waals surface area contributed by atoms with E-state index < -0.39 is 28.0 Å². The average Bonchev–Trinajstić information content (AvgIpc) is 3.55. The molecule has 3 atom stereocenters. The van der Waals surface area contributed by atoms with Gasteiger partial charge in [-0.1, -0.05) is 25.1 Å². The van der Waals surface area contributed by atoms with Gasteiger partial charge in [0.05, 0.1) is 25.4 Å². The van der Waals surface area contributed by atoms with Gasteiger partial charge in [0.2, 0.25) is 16.8 Å². The van der Waals surface area contributed by atoms with Crippen molar-refractivity contribution in [3.63, 3.8) is 0 Å². The molecular formula is C28H38N2O8S. The van der Waals surface area contributed by atoms with Crippen molar-refractivity contribution in [1.82, 2.24) is 9.21 Å². The topological polar surface area (TPSA) is 115 Å². The molecule has 2 aliphatic rings. The van der Waals surface area contributed by atoms with Gasteiger partial charge in [-0.15, -0.1) is 0 Å². The molecule has 0 amide bonds. The molecule has 1 saturated heterocycles. The molecule has 214 valence electrons. The molecule has 0 unspecified atom stereocenters. The highest BCUT2D eigenvalue weighted by Crippen LogP contribution is 2.47. The molecule has 2 heterocycles. The molecule has 0 saturated carbocycles. The van der Waals surface area contributed by atoms with Crippen molar-refractivity contribution < 1.29 is 37.3 Å². The van der Waals surface area contributed by atoms with Crippen LogP contribution in [0.25, 0.3) is 0 Å². The summed E-state index contributed by atoms with van der Waals surface area (Å²) in [4.78, 5) is 14.9. The van der Waals surface area contributed by atoms with Gasteiger partial charge in [-0.3, -0.25) is 9.69 Å². The largest absolute Gasteiger partial charge is 0.497 e. The first-order chi connectivity index (χ1) is 18.8. The van der Waals surface area contributed by atoms with Crippen LogP contribution < -0.4 is 14.2 Å². The number of methoxy groups -OCH3 is 1. The first-order valence-corrected chi connectivity index (χ1v) is 15.0. The summed E-state index contributed by atoms with van der Waals surface area (Å²) in [5.41, 5.74) is 1.69. The van der Waals surface area contributed by atoms with E-state index in [1.807, 2.05) is 56.3 Å². The second kappa shape index (κ2) is 13.0. The Bertz CT molecular complexity index is 1220. The quantitative estimate of drug-likeness (QED) is 0.346. The van der Waals surface area contributed by atoms with E-state index in [4.69, 9.17) is 18.9 Å². The van der Waals surface area contributed by atoms with Crippen molar-refractivity contribution in [3.05, 3.63) is 53.6 Å². The van der Waals surface area contributed by atoms with Crippen LogP contribution in [0.1, 0.15) is 43.4 Å². The number of carboxylic acid groups (broad SMARTS) is 1. The fourth-order valence-electron chi connectivity index (χ4n) is 5.46. The van der Waals surface area contributed by atoms with E-state index in [0.29, 0.717) is 49.9 Å². The summed E-state index contributed by atoms with van der Waals surface area (Å²) in [6.45, 7) is 6.00. The molecule has 2 aromatic carbocycles. The van der Waals surface area contributed by atoms with Crippen LogP contribution in [-0.2, 0) is 19.6 Å². The molecule has 1 N–H and O–H groups in total. The van der Waals surface area contributed by atoms with Gasteiger partial charge in [-0.05, 0) is 48.7 Å². The summed E-state index contributed by atoms with van der Waals surface area (Å²) in [6, 6.07) is 12.5. The monoisotopic (exact) mass is 562 g/mol. The van der Waals surface area contributed by atoms with Crippen LogP contribution in [0.2, 0.25) is 0 Å². The van der Waals surface area contributed by atoms with Gasteiger partial charge >= 0.3 is 5.97 Å². The van der Waals surface area contributed by atoms with Crippen molar-refractivity contribution >= 4 is 16.0 Å². The lowest BCUT2D eigenvalue weighted by Crippen LogP contribution is -2.41. The van der Waals surface area contributed by atoms with Crippen molar-refractivity contribution in [1.29, 1.82) is 0 Å². The SMILES string of the molecule is CCCN(CCN1C[C@H](c2ccc3c(c2)OCO3)[C@H](C(=O)O)[C@H]1c1ccc(OC)cc1)S(=O)(=O)CCOCC. The number of aliphatic carboxylic acids is 1. The van der Waals surface area contributed by atoms with Crippen molar-refractivity contribution in [2.75, 3.05) is 59.0 Å². The van der Waals surface area contributed by atoms with Gasteiger partial charge in [0.1, 0.15) is 5.75 Å². The molecule has 2 aromatic rings. The first kappa shape index (κ1) is 29.1. The number of rotatable bonds is 14. The number of likely N-dealkylation sites (tertiary alicyclic amines) is 1. The molecule has 0 radical (unpaired) electrons. The minimum absolute atomic E-state index is 0.0830. The van der Waals surface area contributed by atoms with Gasteiger partial charge in [0.15, 0.2) is 11.5 Å². The van der Waals surface area contributed by atoms with E-state index in [2.05, 4.69) is 4.90 Å². The van der Waals surface area contributed by atoms with Gasteiger partial charge < -0.3 is 24.1 Å². The highest BCUT2D eigenvalue weighted by Gasteiger charge is 2.47. The number of carbonyl (C=O) groups is 1. The summed E-state index contributed by atoms with van der Waals surface area (Å²) in [5.74, 6) is -0.162. The minimum Gasteiger partial charge on any atom is -0.497 e. The average molecular weight is 563 g/mol. The number of sulfonamides is 1. The van der Waals surface area contributed by atoms with Crippen LogP contribution in [0.3, 0.4) is 0 Å². The van der Waals surface area contributed by atoms with Crippen LogP contribution in [-0.4, -0.2) is 87.7 Å². The number of carboxylic acids is 1. The molecule has 1 fully saturated rings. The molecule has 10 nitrogen and oxygen atoms in total. The van der Waals surface area contributed by atoms with Crippen LogP contribution in [0, 0.1) is 5.92 Å². The Morgan fingerprint density at radius 3 is 2.46 bits per heavy atom. The maximum atomic E-state index is 13.1. The number of hydrogen-bond donors (Lipinski definition) is 1. The van der Waals surface area contributed by atoms with Gasteiger partial charge in [0.25, 0.3) is 0 Å². The third-order valence-electron chi connectivity index (χ3n) is 7.36. The third-order valence-corrected chi connectivity index (χ3v) is 9.19. The maximum absolute atomic E-state index is 13.1. The highest BCUT2D eigenvalue weighted by atomic mass is 32.2. The molecule has 0 aromatic heterocycles.